The zero-order valence-corrected chi connectivity index (χ0v) is 14.7. The molecule has 7 heteroatoms. The number of nitro groups is 1. The molecule has 1 heterocycles. The van der Waals surface area contributed by atoms with Crippen LogP contribution in [0, 0.1) is 15.5 Å². The molecule has 25 heavy (non-hydrogen) atoms. The number of cyclic esters (lactones) is 2. The van der Waals surface area contributed by atoms with Gasteiger partial charge in [0.05, 0.1) is 0 Å². The van der Waals surface area contributed by atoms with Crippen LogP contribution in [0.3, 0.4) is 0 Å². The normalized spacial score (nSPS) is 19.6. The van der Waals surface area contributed by atoms with E-state index in [0.29, 0.717) is 6.42 Å². The highest BCUT2D eigenvalue weighted by atomic mass is 16.7. The van der Waals surface area contributed by atoms with Crippen LogP contribution in [0.4, 0.5) is 0 Å². The third-order valence-corrected chi connectivity index (χ3v) is 4.50. The Bertz CT molecular complexity index is 635. The quantitative estimate of drug-likeness (QED) is 0.325. The lowest BCUT2D eigenvalue weighted by Gasteiger charge is -2.40. The summed E-state index contributed by atoms with van der Waals surface area (Å²) in [6.07, 6.45) is 0.510. The summed E-state index contributed by atoms with van der Waals surface area (Å²) in [6, 6.07) is 8.31. The van der Waals surface area contributed by atoms with Gasteiger partial charge in [0.1, 0.15) is 0 Å². The lowest BCUT2D eigenvalue weighted by atomic mass is 9.75. The average molecular weight is 349 g/mol. The molecular weight excluding hydrogens is 326 g/mol. The number of carbonyl (C=O) groups is 2. The highest BCUT2D eigenvalue weighted by Gasteiger charge is 2.57. The van der Waals surface area contributed by atoms with E-state index in [1.807, 2.05) is 30.3 Å². The van der Waals surface area contributed by atoms with Crippen molar-refractivity contribution in [3.63, 3.8) is 0 Å². The fraction of sp³-hybridized carbons (Fsp3) is 0.556. The van der Waals surface area contributed by atoms with Gasteiger partial charge in [-0.2, -0.15) is 0 Å². The van der Waals surface area contributed by atoms with Crippen molar-refractivity contribution >= 4 is 11.9 Å². The second-order valence-corrected chi connectivity index (χ2v) is 6.80. The number of hydrogen-bond acceptors (Lipinski definition) is 6. The predicted molar refractivity (Wildman–Crippen MR) is 89.1 cm³/mol. The number of rotatable bonds is 7. The van der Waals surface area contributed by atoms with Crippen molar-refractivity contribution in [1.82, 2.24) is 0 Å². The van der Waals surface area contributed by atoms with Gasteiger partial charge in [0, 0.05) is 31.6 Å². The Morgan fingerprint density at radius 1 is 1.12 bits per heavy atom. The number of esters is 2. The van der Waals surface area contributed by atoms with E-state index in [-0.39, 0.29) is 19.3 Å². The highest BCUT2D eigenvalue weighted by Crippen LogP contribution is 2.40. The Hall–Kier alpha value is -2.44. The Labute approximate surface area is 146 Å². The van der Waals surface area contributed by atoms with Gasteiger partial charge < -0.3 is 9.47 Å². The standard InChI is InChI=1S/C18H23NO6/c1-4-14(19(22)23)12-18(11-10-13-8-6-5-7-9-13)15(20)24-17(2,3)25-16(18)21/h5-9,14H,4,10-12H2,1-3H3/t14-/m0/s1. The largest absolute Gasteiger partial charge is 0.422 e. The summed E-state index contributed by atoms with van der Waals surface area (Å²) in [5.74, 6) is -2.85. The molecule has 0 bridgehead atoms. The van der Waals surface area contributed by atoms with E-state index in [1.165, 1.54) is 13.8 Å². The molecule has 1 aliphatic heterocycles. The molecule has 7 nitrogen and oxygen atoms in total. The lowest BCUT2D eigenvalue weighted by molar-refractivity contribution is -0.526. The SMILES string of the molecule is CC[C@@H](CC1(CCc2ccccc2)C(=O)OC(C)(C)OC1=O)[N+](=O)[O-]. The van der Waals surface area contributed by atoms with E-state index in [1.54, 1.807) is 6.92 Å². The lowest BCUT2D eigenvalue weighted by Crippen LogP contribution is -2.55. The molecule has 2 rings (SSSR count). The van der Waals surface area contributed by atoms with E-state index in [9.17, 15) is 19.7 Å². The van der Waals surface area contributed by atoms with Gasteiger partial charge in [0.2, 0.25) is 6.04 Å². The maximum absolute atomic E-state index is 12.7. The molecule has 1 aromatic carbocycles. The van der Waals surface area contributed by atoms with Crippen LogP contribution in [-0.4, -0.2) is 28.7 Å². The van der Waals surface area contributed by atoms with E-state index >= 15 is 0 Å². The molecule has 0 unspecified atom stereocenters. The van der Waals surface area contributed by atoms with Crippen molar-refractivity contribution in [3.05, 3.63) is 46.0 Å². The van der Waals surface area contributed by atoms with Crippen molar-refractivity contribution in [2.24, 2.45) is 5.41 Å². The van der Waals surface area contributed by atoms with E-state index in [0.717, 1.165) is 5.56 Å². The molecule has 1 aromatic rings. The molecule has 0 saturated carbocycles. The predicted octanol–water partition coefficient (Wildman–Crippen LogP) is 2.89. The molecule has 0 aliphatic carbocycles. The van der Waals surface area contributed by atoms with Crippen LogP contribution in [0.1, 0.15) is 45.6 Å². The van der Waals surface area contributed by atoms with Gasteiger partial charge in [-0.05, 0) is 18.4 Å². The van der Waals surface area contributed by atoms with Gasteiger partial charge in [-0.25, -0.2) is 0 Å². The molecule has 0 aromatic heterocycles. The first-order chi connectivity index (χ1) is 11.7. The summed E-state index contributed by atoms with van der Waals surface area (Å²) < 4.78 is 10.5. The third-order valence-electron chi connectivity index (χ3n) is 4.50. The van der Waals surface area contributed by atoms with Gasteiger partial charge in [-0.3, -0.25) is 19.7 Å². The van der Waals surface area contributed by atoms with Crippen molar-refractivity contribution < 1.29 is 24.0 Å². The maximum Gasteiger partial charge on any atom is 0.327 e. The summed E-state index contributed by atoms with van der Waals surface area (Å²) in [5.41, 5.74) is -0.722. The second kappa shape index (κ2) is 7.21. The Morgan fingerprint density at radius 3 is 2.16 bits per heavy atom. The van der Waals surface area contributed by atoms with Crippen LogP contribution in [0.15, 0.2) is 30.3 Å². The average Bonchev–Trinajstić information content (AvgIpc) is 2.53. The van der Waals surface area contributed by atoms with Gasteiger partial charge in [-0.15, -0.1) is 0 Å². The summed E-state index contributed by atoms with van der Waals surface area (Å²) in [4.78, 5) is 36.2. The second-order valence-electron chi connectivity index (χ2n) is 6.80. The van der Waals surface area contributed by atoms with E-state index in [2.05, 4.69) is 0 Å². The zero-order valence-electron chi connectivity index (χ0n) is 14.7. The molecular formula is C18H23NO6. The van der Waals surface area contributed by atoms with Gasteiger partial charge in [0.25, 0.3) is 5.79 Å². The van der Waals surface area contributed by atoms with Crippen LogP contribution >= 0.6 is 0 Å². The Morgan fingerprint density at radius 2 is 1.68 bits per heavy atom. The highest BCUT2D eigenvalue weighted by molar-refractivity contribution is 6.01. The van der Waals surface area contributed by atoms with Crippen molar-refractivity contribution in [2.75, 3.05) is 0 Å². The molecule has 1 saturated heterocycles. The fourth-order valence-electron chi connectivity index (χ4n) is 2.99. The van der Waals surface area contributed by atoms with Crippen LogP contribution in [-0.2, 0) is 25.5 Å². The minimum absolute atomic E-state index is 0.106. The van der Waals surface area contributed by atoms with Crippen LogP contribution < -0.4 is 0 Å². The van der Waals surface area contributed by atoms with Gasteiger partial charge in [-0.1, -0.05) is 37.3 Å². The summed E-state index contributed by atoms with van der Waals surface area (Å²) in [5, 5.41) is 11.3. The molecule has 0 N–H and O–H groups in total. The summed E-state index contributed by atoms with van der Waals surface area (Å²) >= 11 is 0. The van der Waals surface area contributed by atoms with Gasteiger partial charge in [0.15, 0.2) is 5.41 Å². The summed E-state index contributed by atoms with van der Waals surface area (Å²) in [7, 11) is 0. The zero-order chi connectivity index (χ0) is 18.7. The van der Waals surface area contributed by atoms with Crippen LogP contribution in [0.5, 0.6) is 0 Å². The third kappa shape index (κ3) is 4.15. The smallest absolute Gasteiger partial charge is 0.327 e. The topological polar surface area (TPSA) is 95.7 Å². The minimum atomic E-state index is -1.65. The molecule has 0 spiro atoms. The maximum atomic E-state index is 12.7. The molecule has 0 amide bonds. The first-order valence-electron chi connectivity index (χ1n) is 8.34. The van der Waals surface area contributed by atoms with Gasteiger partial charge >= 0.3 is 11.9 Å². The monoisotopic (exact) mass is 349 g/mol. The number of hydrogen-bond donors (Lipinski definition) is 0. The van der Waals surface area contributed by atoms with E-state index in [4.69, 9.17) is 9.47 Å². The summed E-state index contributed by atoms with van der Waals surface area (Å²) in [6.45, 7) is 4.59. The number of ether oxygens (including phenoxy) is 2. The number of nitrogens with zero attached hydrogens (tertiary/aromatic N) is 1. The number of carbonyl (C=O) groups excluding carboxylic acids is 2. The molecule has 0 radical (unpaired) electrons. The number of benzene rings is 1. The van der Waals surface area contributed by atoms with Crippen molar-refractivity contribution in [3.8, 4) is 0 Å². The van der Waals surface area contributed by atoms with Crippen LogP contribution in [0.2, 0.25) is 0 Å². The first kappa shape index (κ1) is 18.9. The molecule has 1 aliphatic rings. The van der Waals surface area contributed by atoms with Crippen molar-refractivity contribution in [2.45, 2.75) is 58.3 Å². The van der Waals surface area contributed by atoms with Crippen molar-refractivity contribution in [1.29, 1.82) is 0 Å². The minimum Gasteiger partial charge on any atom is -0.422 e. The first-order valence-corrected chi connectivity index (χ1v) is 8.34. The number of aryl methyl sites for hydroxylation is 1. The Kier molecular flexibility index (Phi) is 5.45. The molecule has 136 valence electrons. The van der Waals surface area contributed by atoms with Crippen LogP contribution in [0.25, 0.3) is 0 Å². The fourth-order valence-corrected chi connectivity index (χ4v) is 2.99. The van der Waals surface area contributed by atoms with E-state index < -0.39 is 34.1 Å². The molecule has 1 atom stereocenters. The molecule has 1 fully saturated rings. The Balaban J connectivity index is 2.32.